The molecule has 1 aromatic heterocycles. The van der Waals surface area contributed by atoms with E-state index in [9.17, 15) is 5.11 Å². The minimum Gasteiger partial charge on any atom is -0.494 e. The van der Waals surface area contributed by atoms with Crippen LogP contribution in [0.15, 0.2) is 47.8 Å². The first-order valence-corrected chi connectivity index (χ1v) is 12.3. The number of aliphatic hydroxyl groups excluding tert-OH is 1. The second kappa shape index (κ2) is 9.47. The van der Waals surface area contributed by atoms with Crippen molar-refractivity contribution in [2.45, 2.75) is 31.9 Å². The van der Waals surface area contributed by atoms with Crippen molar-refractivity contribution >= 4 is 32.8 Å². The molecule has 0 bridgehead atoms. The predicted molar refractivity (Wildman–Crippen MR) is 130 cm³/mol. The second-order valence-corrected chi connectivity index (χ2v) is 9.46. The van der Waals surface area contributed by atoms with Gasteiger partial charge in [-0.25, -0.2) is 0 Å². The van der Waals surface area contributed by atoms with Crippen LogP contribution in [0.5, 0.6) is 5.75 Å². The Morgan fingerprint density at radius 3 is 2.87 bits per heavy atom. The number of nitrogens with zero attached hydrogens (tertiary/aromatic N) is 2. The molecule has 2 aliphatic rings. The molecule has 5 rings (SSSR count). The van der Waals surface area contributed by atoms with E-state index in [2.05, 4.69) is 50.8 Å². The molecule has 2 aromatic carbocycles. The molecular weight excluding hydrogens is 406 g/mol. The lowest BCUT2D eigenvalue weighted by molar-refractivity contribution is 0.189. The molecule has 31 heavy (non-hydrogen) atoms. The van der Waals surface area contributed by atoms with Crippen molar-refractivity contribution in [3.63, 3.8) is 0 Å². The summed E-state index contributed by atoms with van der Waals surface area (Å²) in [6.45, 7) is 6.32. The topological polar surface area (TPSA) is 48.0 Å². The number of fused-ring (bicyclic) bond motifs is 2. The van der Waals surface area contributed by atoms with E-state index in [1.807, 2.05) is 23.5 Å². The van der Waals surface area contributed by atoms with E-state index in [1.54, 1.807) is 0 Å². The number of rotatable bonds is 7. The van der Waals surface area contributed by atoms with E-state index < -0.39 is 6.23 Å². The van der Waals surface area contributed by atoms with E-state index >= 15 is 0 Å². The maximum Gasteiger partial charge on any atom is 0.124 e. The summed E-state index contributed by atoms with van der Waals surface area (Å²) in [6.07, 6.45) is 3.45. The molecule has 6 heteroatoms. The third-order valence-electron chi connectivity index (χ3n) is 6.41. The zero-order chi connectivity index (χ0) is 21.0. The monoisotopic (exact) mass is 437 g/mol. The molecule has 0 aliphatic carbocycles. The summed E-state index contributed by atoms with van der Waals surface area (Å²) in [5.74, 6) is 0.886. The van der Waals surface area contributed by atoms with Crippen LogP contribution in [0.4, 0.5) is 11.4 Å². The predicted octanol–water partition coefficient (Wildman–Crippen LogP) is 4.56. The summed E-state index contributed by atoms with van der Waals surface area (Å²) in [5, 5.41) is 16.5. The lowest BCUT2D eigenvalue weighted by Gasteiger charge is -2.36. The number of hydrogen-bond donors (Lipinski definition) is 2. The smallest absolute Gasteiger partial charge is 0.124 e. The Morgan fingerprint density at radius 2 is 1.97 bits per heavy atom. The fraction of sp³-hybridized carbons (Fsp3) is 0.440. The average molecular weight is 438 g/mol. The first-order valence-electron chi connectivity index (χ1n) is 11.4. The number of anilines is 2. The van der Waals surface area contributed by atoms with Gasteiger partial charge >= 0.3 is 0 Å². The van der Waals surface area contributed by atoms with Gasteiger partial charge < -0.3 is 20.1 Å². The maximum absolute atomic E-state index is 9.78. The van der Waals surface area contributed by atoms with Crippen molar-refractivity contribution in [2.75, 3.05) is 49.5 Å². The van der Waals surface area contributed by atoms with Gasteiger partial charge in [-0.15, -0.1) is 11.3 Å². The molecule has 2 aliphatic heterocycles. The third-order valence-corrected chi connectivity index (χ3v) is 7.30. The fourth-order valence-electron chi connectivity index (χ4n) is 4.64. The van der Waals surface area contributed by atoms with Crippen molar-refractivity contribution in [3.8, 4) is 5.75 Å². The summed E-state index contributed by atoms with van der Waals surface area (Å²) >= 11 is 1.82. The Hall–Kier alpha value is -2.28. The number of benzene rings is 2. The molecular formula is C25H31N3O2S. The molecule has 0 spiro atoms. The van der Waals surface area contributed by atoms with Gasteiger partial charge in [-0.1, -0.05) is 12.1 Å². The highest BCUT2D eigenvalue weighted by Gasteiger charge is 2.19. The van der Waals surface area contributed by atoms with Crippen LogP contribution in [0.1, 0.15) is 24.8 Å². The summed E-state index contributed by atoms with van der Waals surface area (Å²) in [4.78, 5) is 5.12. The van der Waals surface area contributed by atoms with Crippen LogP contribution in [0.3, 0.4) is 0 Å². The van der Waals surface area contributed by atoms with Crippen LogP contribution in [0, 0.1) is 0 Å². The maximum atomic E-state index is 9.78. The molecule has 0 saturated carbocycles. The number of unbranched alkanes of at least 4 members (excludes halogenated alkanes) is 1. The van der Waals surface area contributed by atoms with Crippen LogP contribution >= 0.6 is 11.3 Å². The van der Waals surface area contributed by atoms with Crippen LogP contribution in [-0.2, 0) is 6.42 Å². The normalized spacial score (nSPS) is 19.3. The SMILES string of the molecule is OC1CCc2ccc(OCCCCN3CCN(c4cccc5sccc45)CC3)cc2N1. The van der Waals surface area contributed by atoms with Gasteiger partial charge in [0.15, 0.2) is 0 Å². The first-order chi connectivity index (χ1) is 15.3. The Kier molecular flexibility index (Phi) is 6.30. The van der Waals surface area contributed by atoms with Gasteiger partial charge in [0.25, 0.3) is 0 Å². The van der Waals surface area contributed by atoms with E-state index in [0.717, 1.165) is 76.5 Å². The Labute approximate surface area is 188 Å². The molecule has 3 heterocycles. The van der Waals surface area contributed by atoms with Crippen molar-refractivity contribution in [1.82, 2.24) is 4.90 Å². The zero-order valence-corrected chi connectivity index (χ0v) is 18.7. The highest BCUT2D eigenvalue weighted by atomic mass is 32.1. The number of piperazine rings is 1. The Bertz CT molecular complexity index is 1010. The zero-order valence-electron chi connectivity index (χ0n) is 17.9. The molecule has 0 radical (unpaired) electrons. The van der Waals surface area contributed by atoms with E-state index in [4.69, 9.17) is 4.74 Å². The van der Waals surface area contributed by atoms with Gasteiger partial charge in [-0.3, -0.25) is 4.90 Å². The second-order valence-electron chi connectivity index (χ2n) is 8.51. The van der Waals surface area contributed by atoms with E-state index in [-0.39, 0.29) is 0 Å². The summed E-state index contributed by atoms with van der Waals surface area (Å²) in [5.41, 5.74) is 3.65. The first kappa shape index (κ1) is 20.6. The molecule has 164 valence electrons. The Balaban J connectivity index is 1.03. The van der Waals surface area contributed by atoms with Gasteiger partial charge in [-0.05, 0) is 67.4 Å². The molecule has 2 N–H and O–H groups in total. The summed E-state index contributed by atoms with van der Waals surface area (Å²) in [6, 6.07) is 15.1. The minimum absolute atomic E-state index is 0.443. The van der Waals surface area contributed by atoms with Crippen molar-refractivity contribution < 1.29 is 9.84 Å². The van der Waals surface area contributed by atoms with E-state index in [1.165, 1.54) is 21.3 Å². The number of ether oxygens (including phenoxy) is 1. The van der Waals surface area contributed by atoms with Gasteiger partial charge in [0, 0.05) is 53.7 Å². The largest absolute Gasteiger partial charge is 0.494 e. The molecule has 1 atom stereocenters. The number of thiophene rings is 1. The van der Waals surface area contributed by atoms with E-state index in [0.29, 0.717) is 0 Å². The van der Waals surface area contributed by atoms with Gasteiger partial charge in [0.1, 0.15) is 12.0 Å². The molecule has 0 amide bonds. The average Bonchev–Trinajstić information content (AvgIpc) is 3.28. The van der Waals surface area contributed by atoms with Crippen molar-refractivity contribution in [3.05, 3.63) is 53.4 Å². The minimum atomic E-state index is -0.443. The molecule has 1 fully saturated rings. The van der Waals surface area contributed by atoms with Gasteiger partial charge in [-0.2, -0.15) is 0 Å². The lowest BCUT2D eigenvalue weighted by atomic mass is 10.0. The number of aryl methyl sites for hydroxylation is 1. The summed E-state index contributed by atoms with van der Waals surface area (Å²) < 4.78 is 7.34. The molecule has 3 aromatic rings. The highest BCUT2D eigenvalue weighted by Crippen LogP contribution is 2.31. The molecule has 5 nitrogen and oxygen atoms in total. The number of nitrogens with one attached hydrogen (secondary N) is 1. The standard InChI is InChI=1S/C25H31N3O2S/c29-25-9-7-19-6-8-20(18-22(19)26-25)30-16-2-1-11-27-12-14-28(15-13-27)23-4-3-5-24-21(23)10-17-31-24/h3-6,8,10,17-18,25-26,29H,1-2,7,9,11-16H2. The lowest BCUT2D eigenvalue weighted by Crippen LogP contribution is -2.46. The van der Waals surface area contributed by atoms with Crippen LogP contribution < -0.4 is 15.0 Å². The highest BCUT2D eigenvalue weighted by molar-refractivity contribution is 7.17. The quantitative estimate of drug-likeness (QED) is 0.531. The third kappa shape index (κ3) is 4.81. The number of hydrogen-bond acceptors (Lipinski definition) is 6. The van der Waals surface area contributed by atoms with Crippen LogP contribution in [-0.4, -0.2) is 55.6 Å². The van der Waals surface area contributed by atoms with Crippen LogP contribution in [0.2, 0.25) is 0 Å². The summed E-state index contributed by atoms with van der Waals surface area (Å²) in [7, 11) is 0. The fourth-order valence-corrected chi connectivity index (χ4v) is 5.44. The van der Waals surface area contributed by atoms with Crippen LogP contribution in [0.25, 0.3) is 10.1 Å². The van der Waals surface area contributed by atoms with Gasteiger partial charge in [0.05, 0.1) is 6.61 Å². The van der Waals surface area contributed by atoms with Crippen molar-refractivity contribution in [1.29, 1.82) is 0 Å². The molecule has 1 unspecified atom stereocenters. The Morgan fingerprint density at radius 1 is 1.06 bits per heavy atom. The van der Waals surface area contributed by atoms with Gasteiger partial charge in [0.2, 0.25) is 0 Å². The number of aliphatic hydroxyl groups is 1. The molecule has 1 saturated heterocycles. The van der Waals surface area contributed by atoms with Crippen molar-refractivity contribution in [2.24, 2.45) is 0 Å².